The molecule has 0 radical (unpaired) electrons. The number of anilines is 1. The van der Waals surface area contributed by atoms with Crippen LogP contribution in [0, 0.1) is 0 Å². The first-order chi connectivity index (χ1) is 14.1. The molecule has 0 N–H and O–H groups in total. The van der Waals surface area contributed by atoms with Gasteiger partial charge in [-0.3, -0.25) is 19.4 Å². The van der Waals surface area contributed by atoms with Gasteiger partial charge in [-0.2, -0.15) is 0 Å². The number of benzene rings is 1. The smallest absolute Gasteiger partial charge is 0.264 e. The van der Waals surface area contributed by atoms with E-state index in [-0.39, 0.29) is 17.9 Å². The maximum Gasteiger partial charge on any atom is 0.264 e. The number of piperazine rings is 1. The molecule has 6 nitrogen and oxygen atoms in total. The minimum atomic E-state index is -0.352. The topological polar surface area (TPSA) is 56.8 Å². The second kappa shape index (κ2) is 7.54. The van der Waals surface area contributed by atoms with E-state index in [1.165, 1.54) is 41.9 Å². The highest BCUT2D eigenvalue weighted by Crippen LogP contribution is 2.37. The molecule has 152 valence electrons. The number of thiazole rings is 1. The van der Waals surface area contributed by atoms with Crippen molar-refractivity contribution in [2.24, 2.45) is 0 Å². The summed E-state index contributed by atoms with van der Waals surface area (Å²) in [5.74, 6) is -0.402. The maximum absolute atomic E-state index is 13.3. The van der Waals surface area contributed by atoms with Crippen LogP contribution in [0.25, 0.3) is 0 Å². The third-order valence-corrected chi connectivity index (χ3v) is 7.56. The normalized spacial score (nSPS) is 21.8. The third kappa shape index (κ3) is 3.16. The average Bonchev–Trinajstić information content (AvgIpc) is 3.50. The molecule has 1 atom stereocenters. The van der Waals surface area contributed by atoms with Crippen LogP contribution in [-0.2, 0) is 0 Å². The minimum Gasteiger partial charge on any atom is -0.368 e. The SMILES string of the molecule is CC(c1nccs1)N1C(=O)c2cccc(N3CCN(C4CCCC4)CC3)c2C1=O. The largest absolute Gasteiger partial charge is 0.368 e. The van der Waals surface area contributed by atoms with Crippen molar-refractivity contribution in [3.63, 3.8) is 0 Å². The van der Waals surface area contributed by atoms with E-state index in [1.54, 1.807) is 12.3 Å². The van der Waals surface area contributed by atoms with Gasteiger partial charge in [0.05, 0.1) is 22.9 Å². The van der Waals surface area contributed by atoms with Gasteiger partial charge in [0.25, 0.3) is 11.8 Å². The molecule has 0 spiro atoms. The molecular formula is C22H26N4O2S. The third-order valence-electron chi connectivity index (χ3n) is 6.62. The van der Waals surface area contributed by atoms with Crippen LogP contribution in [0.1, 0.15) is 64.4 Å². The van der Waals surface area contributed by atoms with Crippen molar-refractivity contribution >= 4 is 28.8 Å². The zero-order valence-corrected chi connectivity index (χ0v) is 17.5. The van der Waals surface area contributed by atoms with Crippen LogP contribution in [0.5, 0.6) is 0 Å². The number of carbonyl (C=O) groups is 2. The van der Waals surface area contributed by atoms with Gasteiger partial charge >= 0.3 is 0 Å². The lowest BCUT2D eigenvalue weighted by Gasteiger charge is -2.39. The first kappa shape index (κ1) is 18.8. The highest BCUT2D eigenvalue weighted by molar-refractivity contribution is 7.09. The van der Waals surface area contributed by atoms with Crippen molar-refractivity contribution in [2.45, 2.75) is 44.7 Å². The lowest BCUT2D eigenvalue weighted by atomic mass is 10.1. The number of hydrogen-bond donors (Lipinski definition) is 0. The molecule has 5 rings (SSSR count). The molecule has 7 heteroatoms. The summed E-state index contributed by atoms with van der Waals surface area (Å²) >= 11 is 1.47. The number of hydrogen-bond acceptors (Lipinski definition) is 6. The van der Waals surface area contributed by atoms with Crippen molar-refractivity contribution in [1.82, 2.24) is 14.8 Å². The van der Waals surface area contributed by atoms with Gasteiger partial charge in [0, 0.05) is 43.8 Å². The first-order valence-corrected chi connectivity index (χ1v) is 11.4. The van der Waals surface area contributed by atoms with Gasteiger partial charge in [0.1, 0.15) is 5.01 Å². The van der Waals surface area contributed by atoms with Crippen LogP contribution < -0.4 is 4.90 Å². The molecule has 1 saturated heterocycles. The molecular weight excluding hydrogens is 384 g/mol. The summed E-state index contributed by atoms with van der Waals surface area (Å²) in [4.78, 5) is 37.0. The number of nitrogens with zero attached hydrogens (tertiary/aromatic N) is 4. The summed E-state index contributed by atoms with van der Waals surface area (Å²) in [6, 6.07) is 6.06. The Kier molecular flexibility index (Phi) is 4.87. The van der Waals surface area contributed by atoms with E-state index in [0.717, 1.165) is 42.9 Å². The lowest BCUT2D eigenvalue weighted by Crippen LogP contribution is -2.50. The number of imide groups is 1. The van der Waals surface area contributed by atoms with Gasteiger partial charge in [-0.05, 0) is 31.9 Å². The van der Waals surface area contributed by atoms with Crippen molar-refractivity contribution in [1.29, 1.82) is 0 Å². The molecule has 2 amide bonds. The Morgan fingerprint density at radius 3 is 2.52 bits per heavy atom. The molecule has 3 aliphatic rings. The number of carbonyl (C=O) groups excluding carboxylic acids is 2. The highest BCUT2D eigenvalue weighted by atomic mass is 32.1. The summed E-state index contributed by atoms with van der Waals surface area (Å²) in [5, 5.41) is 2.66. The molecule has 1 aromatic heterocycles. The van der Waals surface area contributed by atoms with Crippen LogP contribution in [0.4, 0.5) is 5.69 Å². The Labute approximate surface area is 175 Å². The first-order valence-electron chi connectivity index (χ1n) is 10.5. The molecule has 1 unspecified atom stereocenters. The fourth-order valence-corrected chi connectivity index (χ4v) is 5.73. The second-order valence-corrected chi connectivity index (χ2v) is 9.11. The van der Waals surface area contributed by atoms with E-state index in [1.807, 2.05) is 24.4 Å². The monoisotopic (exact) mass is 410 g/mol. The molecule has 1 aliphatic carbocycles. The standard InChI is InChI=1S/C22H26N4O2S/c1-15(20-23-9-14-29-20)26-21(27)17-7-4-8-18(19(17)22(26)28)25-12-10-24(11-13-25)16-5-2-3-6-16/h4,7-9,14-16H,2-3,5-6,10-13H2,1H3. The molecule has 29 heavy (non-hydrogen) atoms. The van der Waals surface area contributed by atoms with Crippen molar-refractivity contribution in [2.75, 3.05) is 31.1 Å². The summed E-state index contributed by atoms with van der Waals surface area (Å²) in [6.45, 7) is 5.72. The fourth-order valence-electron chi connectivity index (χ4n) is 5.05. The van der Waals surface area contributed by atoms with Gasteiger partial charge in [-0.1, -0.05) is 18.9 Å². The predicted molar refractivity (Wildman–Crippen MR) is 114 cm³/mol. The summed E-state index contributed by atoms with van der Waals surface area (Å²) in [7, 11) is 0. The minimum absolute atomic E-state index is 0.193. The van der Waals surface area contributed by atoms with Crippen molar-refractivity contribution in [3.8, 4) is 0 Å². The Bertz CT molecular complexity index is 915. The van der Waals surface area contributed by atoms with Crippen molar-refractivity contribution < 1.29 is 9.59 Å². The summed E-state index contributed by atoms with van der Waals surface area (Å²) < 4.78 is 0. The van der Waals surface area contributed by atoms with E-state index in [4.69, 9.17) is 0 Å². The van der Waals surface area contributed by atoms with Gasteiger partial charge in [0.2, 0.25) is 0 Å². The van der Waals surface area contributed by atoms with Gasteiger partial charge < -0.3 is 4.90 Å². The Morgan fingerprint density at radius 2 is 1.83 bits per heavy atom. The molecule has 1 saturated carbocycles. The van der Waals surface area contributed by atoms with E-state index in [0.29, 0.717) is 11.1 Å². The van der Waals surface area contributed by atoms with Gasteiger partial charge in [-0.25, -0.2) is 4.98 Å². The summed E-state index contributed by atoms with van der Waals surface area (Å²) in [5.41, 5.74) is 1.99. The zero-order chi connectivity index (χ0) is 20.0. The molecule has 2 aliphatic heterocycles. The van der Waals surface area contributed by atoms with Gasteiger partial charge in [-0.15, -0.1) is 11.3 Å². The number of aromatic nitrogens is 1. The van der Waals surface area contributed by atoms with E-state index < -0.39 is 0 Å². The highest BCUT2D eigenvalue weighted by Gasteiger charge is 2.42. The summed E-state index contributed by atoms with van der Waals surface area (Å²) in [6.07, 6.45) is 7.04. The Balaban J connectivity index is 1.39. The Hall–Kier alpha value is -2.25. The quantitative estimate of drug-likeness (QED) is 0.722. The van der Waals surface area contributed by atoms with Crippen LogP contribution in [0.3, 0.4) is 0 Å². The van der Waals surface area contributed by atoms with Gasteiger partial charge in [0.15, 0.2) is 0 Å². The van der Waals surface area contributed by atoms with Crippen LogP contribution >= 0.6 is 11.3 Å². The van der Waals surface area contributed by atoms with Crippen LogP contribution in [0.2, 0.25) is 0 Å². The average molecular weight is 411 g/mol. The number of fused-ring (bicyclic) bond motifs is 1. The fraction of sp³-hybridized carbons (Fsp3) is 0.500. The second-order valence-electron chi connectivity index (χ2n) is 8.19. The van der Waals surface area contributed by atoms with E-state index in [2.05, 4.69) is 14.8 Å². The van der Waals surface area contributed by atoms with E-state index in [9.17, 15) is 9.59 Å². The molecule has 2 fully saturated rings. The van der Waals surface area contributed by atoms with Crippen LogP contribution in [0.15, 0.2) is 29.8 Å². The molecule has 1 aromatic carbocycles. The lowest BCUT2D eigenvalue weighted by molar-refractivity contribution is 0.0595. The number of rotatable bonds is 4. The zero-order valence-electron chi connectivity index (χ0n) is 16.7. The molecule has 3 heterocycles. The number of amides is 2. The molecule has 0 bridgehead atoms. The Morgan fingerprint density at radius 1 is 1.07 bits per heavy atom. The van der Waals surface area contributed by atoms with Crippen LogP contribution in [-0.4, -0.2) is 58.8 Å². The molecule has 2 aromatic rings. The maximum atomic E-state index is 13.3. The van der Waals surface area contributed by atoms with Crippen molar-refractivity contribution in [3.05, 3.63) is 45.9 Å². The van der Waals surface area contributed by atoms with E-state index >= 15 is 0 Å². The predicted octanol–water partition coefficient (Wildman–Crippen LogP) is 3.56.